The Labute approximate surface area is 114 Å². The SMILES string of the molecule is OC(CCCC1CCCO1)c1csc(I)c1. The van der Waals surface area contributed by atoms with Crippen molar-refractivity contribution < 1.29 is 9.84 Å². The van der Waals surface area contributed by atoms with Crippen molar-refractivity contribution >= 4 is 33.9 Å². The van der Waals surface area contributed by atoms with Gasteiger partial charge in [0.2, 0.25) is 0 Å². The second-order valence-corrected chi connectivity index (χ2v) is 7.07. The molecular weight excluding hydrogens is 335 g/mol. The van der Waals surface area contributed by atoms with Gasteiger partial charge in [0, 0.05) is 6.61 Å². The van der Waals surface area contributed by atoms with Crippen molar-refractivity contribution in [1.29, 1.82) is 0 Å². The summed E-state index contributed by atoms with van der Waals surface area (Å²) in [6.07, 6.45) is 5.57. The summed E-state index contributed by atoms with van der Waals surface area (Å²) in [6, 6.07) is 2.07. The molecule has 2 nitrogen and oxygen atoms in total. The molecule has 1 aliphatic rings. The normalized spacial score (nSPS) is 22.5. The fourth-order valence-electron chi connectivity index (χ4n) is 2.08. The number of aliphatic hydroxyl groups excluding tert-OH is 1. The molecule has 0 amide bonds. The van der Waals surface area contributed by atoms with E-state index in [0.29, 0.717) is 6.10 Å². The van der Waals surface area contributed by atoms with Gasteiger partial charge >= 0.3 is 0 Å². The summed E-state index contributed by atoms with van der Waals surface area (Å²) in [5.74, 6) is 0. The monoisotopic (exact) mass is 352 g/mol. The molecule has 2 rings (SSSR count). The lowest BCUT2D eigenvalue weighted by atomic mass is 10.0. The minimum Gasteiger partial charge on any atom is -0.388 e. The van der Waals surface area contributed by atoms with Crippen LogP contribution < -0.4 is 0 Å². The molecule has 16 heavy (non-hydrogen) atoms. The van der Waals surface area contributed by atoms with Crippen LogP contribution in [0.2, 0.25) is 0 Å². The number of ether oxygens (including phenoxy) is 1. The smallest absolute Gasteiger partial charge is 0.0798 e. The zero-order valence-corrected chi connectivity index (χ0v) is 12.2. The summed E-state index contributed by atoms with van der Waals surface area (Å²) in [4.78, 5) is 0. The van der Waals surface area contributed by atoms with Crippen LogP contribution in [0.4, 0.5) is 0 Å². The highest BCUT2D eigenvalue weighted by atomic mass is 127. The molecule has 0 saturated carbocycles. The van der Waals surface area contributed by atoms with Crippen LogP contribution in [0.15, 0.2) is 11.4 Å². The van der Waals surface area contributed by atoms with E-state index < -0.39 is 0 Å². The van der Waals surface area contributed by atoms with Gasteiger partial charge in [-0.05, 0) is 71.7 Å². The minimum atomic E-state index is -0.291. The molecule has 0 aliphatic carbocycles. The van der Waals surface area contributed by atoms with E-state index in [1.807, 2.05) is 0 Å². The van der Waals surface area contributed by atoms with Crippen molar-refractivity contribution in [2.24, 2.45) is 0 Å². The van der Waals surface area contributed by atoms with Gasteiger partial charge < -0.3 is 9.84 Å². The quantitative estimate of drug-likeness (QED) is 0.819. The Morgan fingerprint density at radius 3 is 3.12 bits per heavy atom. The van der Waals surface area contributed by atoms with Crippen molar-refractivity contribution in [2.75, 3.05) is 6.61 Å². The minimum absolute atomic E-state index is 0.291. The summed E-state index contributed by atoms with van der Waals surface area (Å²) in [5, 5.41) is 12.0. The first-order valence-electron chi connectivity index (χ1n) is 5.79. The largest absolute Gasteiger partial charge is 0.388 e. The van der Waals surface area contributed by atoms with Gasteiger partial charge in [-0.2, -0.15) is 0 Å². The summed E-state index contributed by atoms with van der Waals surface area (Å²) in [7, 11) is 0. The standard InChI is InChI=1S/C12H17IO2S/c13-12-7-9(8-16-12)11(14)5-1-3-10-4-2-6-15-10/h7-8,10-11,14H,1-6H2. The van der Waals surface area contributed by atoms with Gasteiger partial charge in [0.25, 0.3) is 0 Å². The number of hydrogen-bond acceptors (Lipinski definition) is 3. The molecule has 4 heteroatoms. The molecule has 90 valence electrons. The van der Waals surface area contributed by atoms with Gasteiger partial charge in [-0.15, -0.1) is 11.3 Å². The third-order valence-corrected chi connectivity index (χ3v) is 4.81. The van der Waals surface area contributed by atoms with E-state index in [4.69, 9.17) is 4.74 Å². The lowest BCUT2D eigenvalue weighted by molar-refractivity contribution is 0.0945. The Kier molecular flexibility index (Phi) is 5.06. The molecule has 0 bridgehead atoms. The van der Waals surface area contributed by atoms with E-state index in [2.05, 4.69) is 34.0 Å². The fraction of sp³-hybridized carbons (Fsp3) is 0.667. The van der Waals surface area contributed by atoms with E-state index >= 15 is 0 Å². The average molecular weight is 352 g/mol. The summed E-state index contributed by atoms with van der Waals surface area (Å²) >= 11 is 3.98. The molecule has 1 aliphatic heterocycles. The number of hydrogen-bond donors (Lipinski definition) is 1. The van der Waals surface area contributed by atoms with Gasteiger partial charge in [0.1, 0.15) is 0 Å². The van der Waals surface area contributed by atoms with Crippen molar-refractivity contribution in [1.82, 2.24) is 0 Å². The van der Waals surface area contributed by atoms with Crippen molar-refractivity contribution in [3.05, 3.63) is 19.9 Å². The maximum absolute atomic E-state index is 9.97. The van der Waals surface area contributed by atoms with Crippen LogP contribution in [0.3, 0.4) is 0 Å². The fourth-order valence-corrected chi connectivity index (χ4v) is 3.49. The Morgan fingerprint density at radius 1 is 1.62 bits per heavy atom. The van der Waals surface area contributed by atoms with E-state index in [0.717, 1.165) is 31.4 Å². The van der Waals surface area contributed by atoms with Gasteiger partial charge in [-0.25, -0.2) is 0 Å². The molecule has 1 N–H and O–H groups in total. The second-order valence-electron chi connectivity index (χ2n) is 4.27. The van der Waals surface area contributed by atoms with Crippen LogP contribution in [-0.2, 0) is 4.74 Å². The molecule has 0 radical (unpaired) electrons. The Morgan fingerprint density at radius 2 is 2.50 bits per heavy atom. The molecule has 1 fully saturated rings. The first-order valence-corrected chi connectivity index (χ1v) is 7.75. The second kappa shape index (κ2) is 6.33. The molecule has 1 saturated heterocycles. The summed E-state index contributed by atoms with van der Waals surface area (Å²) in [5.41, 5.74) is 1.07. The van der Waals surface area contributed by atoms with E-state index in [9.17, 15) is 5.11 Å². The molecule has 0 aromatic carbocycles. The third-order valence-electron chi connectivity index (χ3n) is 3.00. The number of thiophene rings is 1. The number of aliphatic hydroxyl groups is 1. The van der Waals surface area contributed by atoms with E-state index in [1.165, 1.54) is 15.7 Å². The lowest BCUT2D eigenvalue weighted by Gasteiger charge is -2.11. The molecule has 1 aromatic rings. The van der Waals surface area contributed by atoms with Crippen LogP contribution in [-0.4, -0.2) is 17.8 Å². The van der Waals surface area contributed by atoms with Crippen molar-refractivity contribution in [3.8, 4) is 0 Å². The Hall–Kier alpha value is 0.350. The summed E-state index contributed by atoms with van der Waals surface area (Å²) in [6.45, 7) is 0.927. The maximum atomic E-state index is 9.97. The zero-order chi connectivity index (χ0) is 11.4. The summed E-state index contributed by atoms with van der Waals surface area (Å²) < 4.78 is 6.81. The molecule has 2 unspecified atom stereocenters. The first kappa shape index (κ1) is 12.8. The topological polar surface area (TPSA) is 29.5 Å². The van der Waals surface area contributed by atoms with Crippen LogP contribution in [0.1, 0.15) is 43.8 Å². The highest BCUT2D eigenvalue weighted by Crippen LogP contribution is 2.27. The first-order chi connectivity index (χ1) is 7.75. The third kappa shape index (κ3) is 3.68. The molecular formula is C12H17IO2S. The highest BCUT2D eigenvalue weighted by molar-refractivity contribution is 14.1. The predicted octanol–water partition coefficient (Wildman–Crippen LogP) is 3.74. The van der Waals surface area contributed by atoms with E-state index in [1.54, 1.807) is 11.3 Å². The van der Waals surface area contributed by atoms with Gasteiger partial charge in [0.15, 0.2) is 0 Å². The molecule has 2 heterocycles. The maximum Gasteiger partial charge on any atom is 0.0798 e. The molecule has 2 atom stereocenters. The van der Waals surface area contributed by atoms with Gasteiger partial charge in [-0.1, -0.05) is 0 Å². The highest BCUT2D eigenvalue weighted by Gasteiger charge is 2.16. The number of rotatable bonds is 5. The van der Waals surface area contributed by atoms with Crippen LogP contribution >= 0.6 is 33.9 Å². The van der Waals surface area contributed by atoms with Crippen molar-refractivity contribution in [3.63, 3.8) is 0 Å². The zero-order valence-electron chi connectivity index (χ0n) is 9.19. The Balaban J connectivity index is 1.69. The lowest BCUT2D eigenvalue weighted by Crippen LogP contribution is -2.05. The average Bonchev–Trinajstić information content (AvgIpc) is 2.89. The van der Waals surface area contributed by atoms with Gasteiger partial charge in [0.05, 0.1) is 15.1 Å². The van der Waals surface area contributed by atoms with Crippen LogP contribution in [0.25, 0.3) is 0 Å². The molecule has 0 spiro atoms. The molecule has 1 aromatic heterocycles. The van der Waals surface area contributed by atoms with Gasteiger partial charge in [-0.3, -0.25) is 0 Å². The number of halogens is 1. The Bertz CT molecular complexity index is 321. The van der Waals surface area contributed by atoms with Crippen LogP contribution in [0.5, 0.6) is 0 Å². The van der Waals surface area contributed by atoms with E-state index in [-0.39, 0.29) is 6.10 Å². The van der Waals surface area contributed by atoms with Crippen LogP contribution in [0, 0.1) is 2.88 Å². The predicted molar refractivity (Wildman–Crippen MR) is 74.8 cm³/mol. The van der Waals surface area contributed by atoms with Crippen molar-refractivity contribution in [2.45, 2.75) is 44.3 Å².